The summed E-state index contributed by atoms with van der Waals surface area (Å²) < 4.78 is 0. The van der Waals surface area contributed by atoms with E-state index in [9.17, 15) is 0 Å². The highest BCUT2D eigenvalue weighted by Crippen LogP contribution is 2.20. The SMILES string of the molecule is CCCCCCc1ccc(CCCCCC)c([S])c1. The maximum Gasteiger partial charge on any atom is 0.0411 e. The van der Waals surface area contributed by atoms with E-state index in [4.69, 9.17) is 12.6 Å². The average molecular weight is 277 g/mol. The van der Waals surface area contributed by atoms with Crippen LogP contribution in [0.15, 0.2) is 23.1 Å². The minimum absolute atomic E-state index is 1.09. The first-order chi connectivity index (χ1) is 9.27. The Morgan fingerprint density at radius 3 is 2.00 bits per heavy atom. The molecule has 0 bridgehead atoms. The summed E-state index contributed by atoms with van der Waals surface area (Å²) in [6.45, 7) is 4.51. The maximum absolute atomic E-state index is 5.52. The molecule has 107 valence electrons. The highest BCUT2D eigenvalue weighted by atomic mass is 32.1. The van der Waals surface area contributed by atoms with Crippen LogP contribution in [0.5, 0.6) is 0 Å². The molecular weight excluding hydrogens is 248 g/mol. The fourth-order valence-electron chi connectivity index (χ4n) is 2.46. The molecule has 0 fully saturated rings. The molecule has 19 heavy (non-hydrogen) atoms. The zero-order valence-electron chi connectivity index (χ0n) is 12.7. The van der Waals surface area contributed by atoms with Gasteiger partial charge in [-0.25, -0.2) is 0 Å². The molecule has 1 radical (unpaired) electrons. The van der Waals surface area contributed by atoms with Gasteiger partial charge in [0.2, 0.25) is 0 Å². The van der Waals surface area contributed by atoms with Gasteiger partial charge in [-0.1, -0.05) is 77.1 Å². The Bertz CT molecular complexity index is 344. The number of rotatable bonds is 10. The van der Waals surface area contributed by atoms with Gasteiger partial charge in [-0.15, -0.1) is 0 Å². The Kier molecular flexibility index (Phi) is 8.90. The number of hydrogen-bond acceptors (Lipinski definition) is 0. The molecule has 0 spiro atoms. The summed E-state index contributed by atoms with van der Waals surface area (Å²) >= 11 is 5.52. The van der Waals surface area contributed by atoms with Gasteiger partial charge < -0.3 is 0 Å². The predicted octanol–water partition coefficient (Wildman–Crippen LogP) is 6.49. The lowest BCUT2D eigenvalue weighted by Crippen LogP contribution is -1.92. The van der Waals surface area contributed by atoms with Crippen LogP contribution in [0.2, 0.25) is 0 Å². The van der Waals surface area contributed by atoms with Gasteiger partial charge in [-0.3, -0.25) is 0 Å². The first-order valence-electron chi connectivity index (χ1n) is 8.06. The topological polar surface area (TPSA) is 0 Å². The molecule has 0 saturated carbocycles. The summed E-state index contributed by atoms with van der Waals surface area (Å²) in [6.07, 6.45) is 12.9. The number of unbranched alkanes of at least 4 members (excludes halogenated alkanes) is 6. The van der Waals surface area contributed by atoms with Crippen LogP contribution < -0.4 is 0 Å². The summed E-state index contributed by atoms with van der Waals surface area (Å²) in [5, 5.41) is 0. The van der Waals surface area contributed by atoms with E-state index in [1.165, 1.54) is 68.9 Å². The van der Waals surface area contributed by atoms with E-state index in [0.717, 1.165) is 11.3 Å². The first kappa shape index (κ1) is 16.5. The summed E-state index contributed by atoms with van der Waals surface area (Å²) in [7, 11) is 0. The zero-order chi connectivity index (χ0) is 13.9. The van der Waals surface area contributed by atoms with Gasteiger partial charge in [-0.2, -0.15) is 0 Å². The van der Waals surface area contributed by atoms with Crippen molar-refractivity contribution in [1.82, 2.24) is 0 Å². The van der Waals surface area contributed by atoms with Crippen molar-refractivity contribution in [2.75, 3.05) is 0 Å². The van der Waals surface area contributed by atoms with Gasteiger partial charge in [-0.05, 0) is 42.9 Å². The molecule has 1 aromatic rings. The average Bonchev–Trinajstić information content (AvgIpc) is 2.42. The van der Waals surface area contributed by atoms with Gasteiger partial charge in [0.25, 0.3) is 0 Å². The second kappa shape index (κ2) is 10.3. The predicted molar refractivity (Wildman–Crippen MR) is 88.0 cm³/mol. The van der Waals surface area contributed by atoms with E-state index in [-0.39, 0.29) is 0 Å². The van der Waals surface area contributed by atoms with E-state index >= 15 is 0 Å². The smallest absolute Gasteiger partial charge is 0.0411 e. The highest BCUT2D eigenvalue weighted by Gasteiger charge is 2.02. The lowest BCUT2D eigenvalue weighted by atomic mass is 10.0. The zero-order valence-corrected chi connectivity index (χ0v) is 13.5. The fraction of sp³-hybridized carbons (Fsp3) is 0.667. The molecule has 1 heteroatoms. The lowest BCUT2D eigenvalue weighted by Gasteiger charge is -2.07. The third kappa shape index (κ3) is 6.96. The van der Waals surface area contributed by atoms with Crippen LogP contribution in [0.3, 0.4) is 0 Å². The van der Waals surface area contributed by atoms with Crippen LogP contribution in [0.4, 0.5) is 0 Å². The van der Waals surface area contributed by atoms with Crippen molar-refractivity contribution in [2.45, 2.75) is 83.0 Å². The Balaban J connectivity index is 2.36. The largest absolute Gasteiger partial charge is 0.0798 e. The molecule has 1 aromatic carbocycles. The van der Waals surface area contributed by atoms with Gasteiger partial charge >= 0.3 is 0 Å². The van der Waals surface area contributed by atoms with Crippen molar-refractivity contribution in [3.8, 4) is 0 Å². The number of benzene rings is 1. The molecule has 0 atom stereocenters. The molecule has 0 aromatic heterocycles. The first-order valence-corrected chi connectivity index (χ1v) is 8.47. The Hall–Kier alpha value is -0.560. The lowest BCUT2D eigenvalue weighted by molar-refractivity contribution is 0.660. The highest BCUT2D eigenvalue weighted by molar-refractivity contribution is 7.80. The Morgan fingerprint density at radius 2 is 1.42 bits per heavy atom. The molecule has 0 amide bonds. The molecule has 0 N–H and O–H groups in total. The van der Waals surface area contributed by atoms with Gasteiger partial charge in [0.1, 0.15) is 0 Å². The molecule has 0 saturated heterocycles. The normalized spacial score (nSPS) is 10.8. The summed E-state index contributed by atoms with van der Waals surface area (Å²) in [5.41, 5.74) is 2.81. The summed E-state index contributed by atoms with van der Waals surface area (Å²) in [6, 6.07) is 6.79. The molecule has 0 nitrogen and oxygen atoms in total. The van der Waals surface area contributed by atoms with Crippen molar-refractivity contribution < 1.29 is 0 Å². The molecule has 0 aliphatic carbocycles. The third-order valence-electron chi connectivity index (χ3n) is 3.75. The van der Waals surface area contributed by atoms with E-state index in [1.54, 1.807) is 0 Å². The fourth-order valence-corrected chi connectivity index (χ4v) is 2.78. The number of aryl methyl sites for hydroxylation is 2. The van der Waals surface area contributed by atoms with Crippen LogP contribution in [0.25, 0.3) is 0 Å². The van der Waals surface area contributed by atoms with Crippen molar-refractivity contribution in [2.24, 2.45) is 0 Å². The van der Waals surface area contributed by atoms with Gasteiger partial charge in [0, 0.05) is 4.90 Å². The molecule has 0 heterocycles. The van der Waals surface area contributed by atoms with Crippen molar-refractivity contribution in [3.63, 3.8) is 0 Å². The van der Waals surface area contributed by atoms with Gasteiger partial charge in [0.15, 0.2) is 0 Å². The molecular formula is C18H29S. The number of hydrogen-bond donors (Lipinski definition) is 0. The van der Waals surface area contributed by atoms with E-state index < -0.39 is 0 Å². The second-order valence-corrected chi connectivity index (χ2v) is 6.00. The Labute approximate surface area is 125 Å². The van der Waals surface area contributed by atoms with Crippen molar-refractivity contribution in [3.05, 3.63) is 29.3 Å². The minimum atomic E-state index is 1.09. The van der Waals surface area contributed by atoms with Crippen LogP contribution in [0, 0.1) is 0 Å². The van der Waals surface area contributed by atoms with Crippen molar-refractivity contribution in [1.29, 1.82) is 0 Å². The third-order valence-corrected chi connectivity index (χ3v) is 4.13. The Morgan fingerprint density at radius 1 is 0.789 bits per heavy atom. The summed E-state index contributed by atoms with van der Waals surface area (Å²) in [5.74, 6) is 0. The van der Waals surface area contributed by atoms with E-state index in [1.807, 2.05) is 0 Å². The maximum atomic E-state index is 5.52. The van der Waals surface area contributed by atoms with Crippen LogP contribution in [-0.4, -0.2) is 0 Å². The monoisotopic (exact) mass is 277 g/mol. The molecule has 0 aliphatic rings. The second-order valence-electron chi connectivity index (χ2n) is 5.56. The van der Waals surface area contributed by atoms with Crippen LogP contribution in [-0.2, 0) is 12.8 Å². The van der Waals surface area contributed by atoms with E-state index in [2.05, 4.69) is 32.0 Å². The molecule has 0 unspecified atom stereocenters. The minimum Gasteiger partial charge on any atom is -0.0798 e. The quantitative estimate of drug-likeness (QED) is 0.429. The van der Waals surface area contributed by atoms with E-state index in [0.29, 0.717) is 0 Å². The summed E-state index contributed by atoms with van der Waals surface area (Å²) in [4.78, 5) is 1.09. The molecule has 1 rings (SSSR count). The standard InChI is InChI=1S/C18H29S/c1-3-5-7-9-11-16-13-14-17(18(19)15-16)12-10-8-6-4-2/h13-15H,3-12H2,1-2H3. The van der Waals surface area contributed by atoms with Gasteiger partial charge in [0.05, 0.1) is 0 Å². The van der Waals surface area contributed by atoms with Crippen LogP contribution in [0.1, 0.15) is 76.3 Å². The van der Waals surface area contributed by atoms with Crippen LogP contribution >= 0.6 is 12.6 Å². The van der Waals surface area contributed by atoms with Crippen molar-refractivity contribution >= 4 is 12.6 Å². The molecule has 0 aliphatic heterocycles.